The number of benzene rings is 1. The second kappa shape index (κ2) is 9.05. The van der Waals surface area contributed by atoms with E-state index in [1.165, 1.54) is 6.07 Å². The zero-order valence-corrected chi connectivity index (χ0v) is 13.6. The Morgan fingerprint density at radius 1 is 1.30 bits per heavy atom. The molecule has 0 unspecified atom stereocenters. The van der Waals surface area contributed by atoms with E-state index in [4.69, 9.17) is 0 Å². The Bertz CT molecular complexity index is 440. The van der Waals surface area contributed by atoms with Gasteiger partial charge in [-0.2, -0.15) is 0 Å². The van der Waals surface area contributed by atoms with Crippen LogP contribution < -0.4 is 5.32 Å². The van der Waals surface area contributed by atoms with Crippen molar-refractivity contribution in [3.8, 4) is 0 Å². The highest BCUT2D eigenvalue weighted by molar-refractivity contribution is 9.10. The Hall–Kier alpha value is -0.980. The summed E-state index contributed by atoms with van der Waals surface area (Å²) in [5.74, 6) is 0. The van der Waals surface area contributed by atoms with Crippen molar-refractivity contribution in [1.29, 1.82) is 0 Å². The lowest BCUT2D eigenvalue weighted by atomic mass is 10.2. The molecule has 0 radical (unpaired) electrons. The molecule has 0 spiro atoms. The van der Waals surface area contributed by atoms with Crippen LogP contribution in [0.15, 0.2) is 22.7 Å². The van der Waals surface area contributed by atoms with Gasteiger partial charge in [0.05, 0.1) is 4.92 Å². The Morgan fingerprint density at radius 2 is 2.05 bits per heavy atom. The fourth-order valence-corrected chi connectivity index (χ4v) is 2.58. The lowest BCUT2D eigenvalue weighted by Crippen LogP contribution is -2.32. The molecule has 0 aliphatic rings. The average molecular weight is 344 g/mol. The van der Waals surface area contributed by atoms with Crippen LogP contribution in [-0.2, 0) is 6.54 Å². The van der Waals surface area contributed by atoms with Crippen molar-refractivity contribution in [1.82, 2.24) is 10.2 Å². The summed E-state index contributed by atoms with van der Waals surface area (Å²) >= 11 is 3.30. The number of hydrogen-bond acceptors (Lipinski definition) is 4. The number of halogens is 1. The van der Waals surface area contributed by atoms with E-state index in [2.05, 4.69) is 40.0 Å². The molecule has 0 aliphatic carbocycles. The molecule has 0 amide bonds. The van der Waals surface area contributed by atoms with E-state index in [1.54, 1.807) is 6.07 Å². The van der Waals surface area contributed by atoms with Crippen molar-refractivity contribution in [3.63, 3.8) is 0 Å². The van der Waals surface area contributed by atoms with Gasteiger partial charge in [-0.05, 0) is 31.1 Å². The van der Waals surface area contributed by atoms with Gasteiger partial charge in [-0.1, -0.05) is 29.8 Å². The van der Waals surface area contributed by atoms with E-state index < -0.39 is 0 Å². The maximum absolute atomic E-state index is 10.8. The quantitative estimate of drug-likeness (QED) is 0.425. The van der Waals surface area contributed by atoms with Crippen LogP contribution in [0.25, 0.3) is 0 Å². The minimum Gasteiger partial charge on any atom is -0.311 e. The molecule has 1 aromatic carbocycles. The maximum Gasteiger partial charge on any atom is 0.270 e. The molecule has 0 saturated carbocycles. The molecule has 5 nitrogen and oxygen atoms in total. The predicted octanol–water partition coefficient (Wildman–Crippen LogP) is 3.18. The van der Waals surface area contributed by atoms with Gasteiger partial charge in [0.25, 0.3) is 5.69 Å². The number of nitrogens with zero attached hydrogens (tertiary/aromatic N) is 2. The maximum atomic E-state index is 10.8. The van der Waals surface area contributed by atoms with Gasteiger partial charge in [-0.3, -0.25) is 10.1 Å². The predicted molar refractivity (Wildman–Crippen MR) is 84.9 cm³/mol. The average Bonchev–Trinajstić information content (AvgIpc) is 2.41. The van der Waals surface area contributed by atoms with Crippen molar-refractivity contribution in [2.45, 2.75) is 26.8 Å². The molecule has 20 heavy (non-hydrogen) atoms. The molecule has 0 bridgehead atoms. The van der Waals surface area contributed by atoms with Crippen LogP contribution in [0.4, 0.5) is 5.69 Å². The second-order valence-electron chi connectivity index (χ2n) is 4.69. The lowest BCUT2D eigenvalue weighted by molar-refractivity contribution is -0.385. The molecule has 112 valence electrons. The molecule has 0 aliphatic heterocycles. The summed E-state index contributed by atoms with van der Waals surface area (Å²) in [6.07, 6.45) is 1.16. The van der Waals surface area contributed by atoms with Crippen LogP contribution in [0.2, 0.25) is 0 Å². The summed E-state index contributed by atoms with van der Waals surface area (Å²) < 4.78 is 0.740. The summed E-state index contributed by atoms with van der Waals surface area (Å²) in [5.41, 5.74) is 1.04. The first kappa shape index (κ1) is 17.1. The number of rotatable bonds is 9. The van der Waals surface area contributed by atoms with E-state index >= 15 is 0 Å². The first-order valence-corrected chi connectivity index (χ1v) is 7.73. The molecular weight excluding hydrogens is 322 g/mol. The van der Waals surface area contributed by atoms with Gasteiger partial charge < -0.3 is 10.2 Å². The zero-order valence-electron chi connectivity index (χ0n) is 12.1. The minimum absolute atomic E-state index is 0.123. The van der Waals surface area contributed by atoms with Crippen molar-refractivity contribution >= 4 is 21.6 Å². The molecule has 0 heterocycles. The number of likely N-dealkylation sites (N-methyl/N-ethyl adjacent to an activating group) is 1. The van der Waals surface area contributed by atoms with Crippen LogP contribution >= 0.6 is 15.9 Å². The Balaban J connectivity index is 2.44. The zero-order chi connectivity index (χ0) is 15.0. The van der Waals surface area contributed by atoms with E-state index in [0.29, 0.717) is 6.54 Å². The van der Waals surface area contributed by atoms with E-state index in [1.807, 2.05) is 6.07 Å². The van der Waals surface area contributed by atoms with Crippen molar-refractivity contribution in [2.24, 2.45) is 0 Å². The van der Waals surface area contributed by atoms with Gasteiger partial charge in [0.15, 0.2) is 0 Å². The summed E-state index contributed by atoms with van der Waals surface area (Å²) in [6, 6.07) is 5.04. The highest BCUT2D eigenvalue weighted by Crippen LogP contribution is 2.21. The van der Waals surface area contributed by atoms with E-state index in [9.17, 15) is 10.1 Å². The molecule has 1 rings (SSSR count). The fraction of sp³-hybridized carbons (Fsp3) is 0.571. The molecule has 0 fully saturated rings. The van der Waals surface area contributed by atoms with Crippen LogP contribution in [0.1, 0.15) is 25.8 Å². The van der Waals surface area contributed by atoms with Gasteiger partial charge >= 0.3 is 0 Å². The van der Waals surface area contributed by atoms with Crippen LogP contribution in [0.5, 0.6) is 0 Å². The third-order valence-corrected chi connectivity index (χ3v) is 3.53. The molecular formula is C14H22BrN3O2. The van der Waals surface area contributed by atoms with E-state index in [-0.39, 0.29) is 10.6 Å². The first-order valence-electron chi connectivity index (χ1n) is 6.93. The summed E-state index contributed by atoms with van der Waals surface area (Å²) in [4.78, 5) is 12.8. The topological polar surface area (TPSA) is 58.4 Å². The summed E-state index contributed by atoms with van der Waals surface area (Å²) in [6.45, 7) is 9.03. The van der Waals surface area contributed by atoms with Gasteiger partial charge in [-0.15, -0.1) is 0 Å². The Labute approximate surface area is 128 Å². The number of nitro groups is 1. The highest BCUT2D eigenvalue weighted by Gasteiger charge is 2.08. The Morgan fingerprint density at radius 3 is 2.65 bits per heavy atom. The molecule has 6 heteroatoms. The summed E-state index contributed by atoms with van der Waals surface area (Å²) in [7, 11) is 0. The standard InChI is InChI=1S/C14H22BrN3O2/c1-3-6-17(4-2)7-5-16-11-12-8-13(15)10-14(9-12)18(19)20/h8-10,16H,3-7,11H2,1-2H3. The number of non-ortho nitro benzene ring substituents is 1. The van der Waals surface area contributed by atoms with Crippen LogP contribution in [-0.4, -0.2) is 36.0 Å². The molecule has 1 N–H and O–H groups in total. The first-order chi connectivity index (χ1) is 9.56. The van der Waals surface area contributed by atoms with Crippen LogP contribution in [0.3, 0.4) is 0 Å². The highest BCUT2D eigenvalue weighted by atomic mass is 79.9. The second-order valence-corrected chi connectivity index (χ2v) is 5.60. The SMILES string of the molecule is CCCN(CC)CCNCc1cc(Br)cc([N+](=O)[O-])c1. The fourth-order valence-electron chi connectivity index (χ4n) is 2.05. The minimum atomic E-state index is -0.367. The van der Waals surface area contributed by atoms with Crippen molar-refractivity contribution < 1.29 is 4.92 Å². The van der Waals surface area contributed by atoms with E-state index in [0.717, 1.165) is 42.6 Å². The molecule has 1 aromatic rings. The normalized spacial score (nSPS) is 11.0. The van der Waals surface area contributed by atoms with Crippen molar-refractivity contribution in [3.05, 3.63) is 38.3 Å². The van der Waals surface area contributed by atoms with Gasteiger partial charge in [0.1, 0.15) is 0 Å². The largest absolute Gasteiger partial charge is 0.311 e. The van der Waals surface area contributed by atoms with Gasteiger partial charge in [0.2, 0.25) is 0 Å². The lowest BCUT2D eigenvalue weighted by Gasteiger charge is -2.19. The molecule has 0 atom stereocenters. The third kappa shape index (κ3) is 5.98. The monoisotopic (exact) mass is 343 g/mol. The van der Waals surface area contributed by atoms with Crippen LogP contribution in [0, 0.1) is 10.1 Å². The Kier molecular flexibility index (Phi) is 7.72. The smallest absolute Gasteiger partial charge is 0.270 e. The molecule has 0 saturated heterocycles. The number of nitrogens with one attached hydrogen (secondary N) is 1. The third-order valence-electron chi connectivity index (χ3n) is 3.07. The number of hydrogen-bond donors (Lipinski definition) is 1. The number of nitro benzene ring substituents is 1. The van der Waals surface area contributed by atoms with Gasteiger partial charge in [0, 0.05) is 36.2 Å². The molecule has 0 aromatic heterocycles. The van der Waals surface area contributed by atoms with Gasteiger partial charge in [-0.25, -0.2) is 0 Å². The van der Waals surface area contributed by atoms with Crippen molar-refractivity contribution in [2.75, 3.05) is 26.2 Å². The summed E-state index contributed by atoms with van der Waals surface area (Å²) in [5, 5.41) is 14.1.